The van der Waals surface area contributed by atoms with Gasteiger partial charge in [-0.25, -0.2) is 21.6 Å². The van der Waals surface area contributed by atoms with E-state index >= 15 is 0 Å². The van der Waals surface area contributed by atoms with Gasteiger partial charge < -0.3 is 9.80 Å². The van der Waals surface area contributed by atoms with Crippen LogP contribution in [0.5, 0.6) is 0 Å². The minimum absolute atomic E-state index is 0.0124. The molecular formula is C29H38N4O6S2. The molecule has 3 aliphatic rings. The minimum atomic E-state index is -3.83. The largest absolute Gasteiger partial charge is 0.342 e. The topological polar surface area (TPSA) is 124 Å². The minimum Gasteiger partial charge on any atom is -0.342 e. The molecule has 1 unspecified atom stereocenters. The van der Waals surface area contributed by atoms with E-state index in [4.69, 9.17) is 0 Å². The van der Waals surface area contributed by atoms with Gasteiger partial charge in [-0.05, 0) is 49.8 Å². The SMILES string of the molecule is CS(=O)(=O)NC1CCN(C(=O)C2CCN(C(=O)[C@@H]3CC[C@H](c4ccccc4)N(S(=O)(=O)c4ccccc4)C3)CC2)C1. The lowest BCUT2D eigenvalue weighted by Crippen LogP contribution is -2.50. The summed E-state index contributed by atoms with van der Waals surface area (Å²) in [7, 11) is -7.16. The van der Waals surface area contributed by atoms with Gasteiger partial charge in [-0.2, -0.15) is 4.31 Å². The van der Waals surface area contributed by atoms with Crippen molar-refractivity contribution >= 4 is 31.9 Å². The maximum Gasteiger partial charge on any atom is 0.243 e. The zero-order valence-corrected chi connectivity index (χ0v) is 24.9. The van der Waals surface area contributed by atoms with Crippen molar-refractivity contribution in [1.82, 2.24) is 18.8 Å². The van der Waals surface area contributed by atoms with E-state index in [0.717, 1.165) is 11.8 Å². The summed E-state index contributed by atoms with van der Waals surface area (Å²) in [6.45, 7) is 1.87. The van der Waals surface area contributed by atoms with Gasteiger partial charge in [-0.15, -0.1) is 0 Å². The average Bonchev–Trinajstić information content (AvgIpc) is 3.44. The van der Waals surface area contributed by atoms with Crippen LogP contribution in [-0.2, 0) is 29.6 Å². The van der Waals surface area contributed by atoms with Gasteiger partial charge in [0, 0.05) is 44.7 Å². The number of likely N-dealkylation sites (tertiary alicyclic amines) is 2. The molecule has 222 valence electrons. The first-order valence-corrected chi connectivity index (χ1v) is 17.5. The fraction of sp³-hybridized carbons (Fsp3) is 0.517. The van der Waals surface area contributed by atoms with Crippen LogP contribution in [0.25, 0.3) is 0 Å². The van der Waals surface area contributed by atoms with E-state index in [-0.39, 0.29) is 41.3 Å². The third kappa shape index (κ3) is 6.82. The molecule has 0 aliphatic carbocycles. The number of nitrogens with one attached hydrogen (secondary N) is 1. The van der Waals surface area contributed by atoms with Gasteiger partial charge in [0.1, 0.15) is 0 Å². The molecule has 0 saturated carbocycles. The Hall–Kier alpha value is -2.80. The van der Waals surface area contributed by atoms with E-state index in [1.165, 1.54) is 4.31 Å². The Morgan fingerprint density at radius 3 is 1.93 bits per heavy atom. The van der Waals surface area contributed by atoms with Crippen LogP contribution in [0.2, 0.25) is 0 Å². The van der Waals surface area contributed by atoms with Gasteiger partial charge in [0.15, 0.2) is 0 Å². The number of carbonyl (C=O) groups excluding carboxylic acids is 2. The van der Waals surface area contributed by atoms with Crippen LogP contribution in [-0.4, -0.2) is 87.8 Å². The van der Waals surface area contributed by atoms with E-state index in [1.807, 2.05) is 30.3 Å². The number of carbonyl (C=O) groups is 2. The maximum absolute atomic E-state index is 13.8. The smallest absolute Gasteiger partial charge is 0.243 e. The van der Waals surface area contributed by atoms with Crippen molar-refractivity contribution in [2.24, 2.45) is 11.8 Å². The van der Waals surface area contributed by atoms with Crippen LogP contribution in [0.15, 0.2) is 65.6 Å². The summed E-state index contributed by atoms with van der Waals surface area (Å²) >= 11 is 0. The molecule has 41 heavy (non-hydrogen) atoms. The Bertz CT molecular complexity index is 1440. The lowest BCUT2D eigenvalue weighted by Gasteiger charge is -2.41. The second kappa shape index (κ2) is 12.2. The standard InChI is InChI=1S/C29H38N4O6S2/c1-40(36,37)30-25-16-19-32(21-25)28(34)23-14-17-31(18-15-23)29(35)24-12-13-27(22-8-4-2-5-9-22)33(20-24)41(38,39)26-10-6-3-7-11-26/h2-11,23-25,27,30H,12-21H2,1H3/t24-,25?,27-/m1/s1. The lowest BCUT2D eigenvalue weighted by atomic mass is 9.88. The summed E-state index contributed by atoms with van der Waals surface area (Å²) in [5.74, 6) is -0.713. The Morgan fingerprint density at radius 2 is 1.29 bits per heavy atom. The zero-order valence-electron chi connectivity index (χ0n) is 23.3. The van der Waals surface area contributed by atoms with Crippen LogP contribution in [0, 0.1) is 11.8 Å². The highest BCUT2D eigenvalue weighted by atomic mass is 32.2. The first kappa shape index (κ1) is 29.7. The number of rotatable bonds is 7. The van der Waals surface area contributed by atoms with E-state index < -0.39 is 26.0 Å². The Balaban J connectivity index is 1.23. The monoisotopic (exact) mass is 602 g/mol. The molecule has 2 aromatic carbocycles. The number of hydrogen-bond donors (Lipinski definition) is 1. The first-order valence-electron chi connectivity index (χ1n) is 14.2. The molecule has 2 aromatic rings. The Labute approximate surface area is 242 Å². The zero-order chi connectivity index (χ0) is 29.2. The molecule has 5 rings (SSSR count). The molecule has 3 atom stereocenters. The number of sulfonamides is 2. The van der Waals surface area contributed by atoms with Crippen LogP contribution in [0.3, 0.4) is 0 Å². The van der Waals surface area contributed by atoms with Crippen molar-refractivity contribution in [3.63, 3.8) is 0 Å². The summed E-state index contributed by atoms with van der Waals surface area (Å²) in [5, 5.41) is 0. The summed E-state index contributed by atoms with van der Waals surface area (Å²) in [6, 6.07) is 17.3. The fourth-order valence-electron chi connectivity index (χ4n) is 6.36. The predicted molar refractivity (Wildman–Crippen MR) is 155 cm³/mol. The molecule has 2 amide bonds. The van der Waals surface area contributed by atoms with Crippen LogP contribution in [0.4, 0.5) is 0 Å². The molecule has 3 saturated heterocycles. The number of nitrogens with zero attached hydrogens (tertiary/aromatic N) is 3. The summed E-state index contributed by atoms with van der Waals surface area (Å²) in [4.78, 5) is 30.5. The highest BCUT2D eigenvalue weighted by molar-refractivity contribution is 7.89. The van der Waals surface area contributed by atoms with Gasteiger partial charge in [-0.3, -0.25) is 9.59 Å². The molecule has 0 spiro atoms. The molecule has 0 bridgehead atoms. The maximum atomic E-state index is 13.8. The second-order valence-corrected chi connectivity index (χ2v) is 15.0. The molecule has 12 heteroatoms. The second-order valence-electron chi connectivity index (χ2n) is 11.3. The highest BCUT2D eigenvalue weighted by Gasteiger charge is 2.42. The van der Waals surface area contributed by atoms with Crippen molar-refractivity contribution in [3.8, 4) is 0 Å². The average molecular weight is 603 g/mol. The van der Waals surface area contributed by atoms with Gasteiger partial charge in [0.05, 0.1) is 23.1 Å². The third-order valence-corrected chi connectivity index (χ3v) is 11.1. The van der Waals surface area contributed by atoms with Gasteiger partial charge in [0.25, 0.3) is 0 Å². The van der Waals surface area contributed by atoms with Crippen molar-refractivity contribution in [2.75, 3.05) is 39.0 Å². The third-order valence-electron chi connectivity index (χ3n) is 8.46. The molecule has 3 fully saturated rings. The van der Waals surface area contributed by atoms with Gasteiger partial charge in [0.2, 0.25) is 31.9 Å². The number of piperidine rings is 2. The first-order chi connectivity index (χ1) is 19.5. The van der Waals surface area contributed by atoms with E-state index in [2.05, 4.69) is 4.72 Å². The molecule has 3 heterocycles. The van der Waals surface area contributed by atoms with Crippen molar-refractivity contribution in [2.45, 2.75) is 49.1 Å². The predicted octanol–water partition coefficient (Wildman–Crippen LogP) is 2.22. The van der Waals surface area contributed by atoms with Crippen molar-refractivity contribution in [3.05, 3.63) is 66.2 Å². The van der Waals surface area contributed by atoms with E-state index in [1.54, 1.807) is 40.1 Å². The van der Waals surface area contributed by atoms with E-state index in [9.17, 15) is 26.4 Å². The van der Waals surface area contributed by atoms with Crippen molar-refractivity contribution in [1.29, 1.82) is 0 Å². The lowest BCUT2D eigenvalue weighted by molar-refractivity contribution is -0.143. The number of benzene rings is 2. The Morgan fingerprint density at radius 1 is 0.707 bits per heavy atom. The van der Waals surface area contributed by atoms with Crippen molar-refractivity contribution < 1.29 is 26.4 Å². The fourth-order valence-corrected chi connectivity index (χ4v) is 8.87. The quantitative estimate of drug-likeness (QED) is 0.519. The van der Waals surface area contributed by atoms with E-state index in [0.29, 0.717) is 58.3 Å². The molecule has 1 N–H and O–H groups in total. The summed E-state index contributed by atoms with van der Waals surface area (Å²) in [5.41, 5.74) is 0.910. The molecule has 10 nitrogen and oxygen atoms in total. The molecule has 0 radical (unpaired) electrons. The number of amides is 2. The summed E-state index contributed by atoms with van der Waals surface area (Å²) < 4.78 is 54.7. The highest BCUT2D eigenvalue weighted by Crippen LogP contribution is 2.38. The normalized spacial score (nSPS) is 24.9. The van der Waals surface area contributed by atoms with Crippen LogP contribution >= 0.6 is 0 Å². The summed E-state index contributed by atoms with van der Waals surface area (Å²) in [6.07, 6.45) is 3.91. The van der Waals surface area contributed by atoms with Gasteiger partial charge >= 0.3 is 0 Å². The molecule has 3 aliphatic heterocycles. The van der Waals surface area contributed by atoms with Crippen LogP contribution in [0.1, 0.15) is 43.7 Å². The molecule has 0 aromatic heterocycles. The Kier molecular flexibility index (Phi) is 8.84. The number of hydrogen-bond acceptors (Lipinski definition) is 6. The van der Waals surface area contributed by atoms with Crippen LogP contribution < -0.4 is 4.72 Å². The van der Waals surface area contributed by atoms with Gasteiger partial charge in [-0.1, -0.05) is 48.5 Å². The molecular weight excluding hydrogens is 564 g/mol.